The summed E-state index contributed by atoms with van der Waals surface area (Å²) in [4.78, 5) is 31.0. The molecule has 4 heterocycles. The second kappa shape index (κ2) is 7.69. The van der Waals surface area contributed by atoms with Gasteiger partial charge in [-0.25, -0.2) is 9.78 Å². The highest BCUT2D eigenvalue weighted by Crippen LogP contribution is 2.45. The van der Waals surface area contributed by atoms with Crippen molar-refractivity contribution < 1.29 is 19.4 Å². The Morgan fingerprint density at radius 3 is 2.81 bits per heavy atom. The quantitative estimate of drug-likeness (QED) is 0.469. The Bertz CT molecular complexity index is 1320. The van der Waals surface area contributed by atoms with Gasteiger partial charge in [0.1, 0.15) is 6.61 Å². The van der Waals surface area contributed by atoms with Crippen LogP contribution in [0.4, 0.5) is 0 Å². The van der Waals surface area contributed by atoms with E-state index in [0.29, 0.717) is 11.4 Å². The van der Waals surface area contributed by atoms with E-state index >= 15 is 0 Å². The van der Waals surface area contributed by atoms with Crippen LogP contribution in [-0.2, 0) is 32.9 Å². The van der Waals surface area contributed by atoms with E-state index in [9.17, 15) is 14.7 Å². The van der Waals surface area contributed by atoms with E-state index in [-0.39, 0.29) is 42.2 Å². The molecule has 2 aliphatic heterocycles. The number of rotatable bonds is 5. The van der Waals surface area contributed by atoms with Gasteiger partial charge in [0, 0.05) is 22.4 Å². The number of aliphatic hydroxyl groups is 1. The first-order chi connectivity index (χ1) is 15.5. The van der Waals surface area contributed by atoms with Gasteiger partial charge in [-0.05, 0) is 30.5 Å². The molecule has 32 heavy (non-hydrogen) atoms. The van der Waals surface area contributed by atoms with Crippen molar-refractivity contribution in [3.63, 3.8) is 0 Å². The van der Waals surface area contributed by atoms with Gasteiger partial charge >= 0.3 is 5.97 Å². The summed E-state index contributed by atoms with van der Waals surface area (Å²) in [5, 5.41) is 12.1. The molecule has 1 unspecified atom stereocenters. The second-order valence-corrected chi connectivity index (χ2v) is 8.40. The Morgan fingerprint density at radius 1 is 1.31 bits per heavy atom. The lowest BCUT2D eigenvalue weighted by Gasteiger charge is -2.32. The first-order valence-electron chi connectivity index (χ1n) is 10.7. The maximum Gasteiger partial charge on any atom is 0.343 e. The van der Waals surface area contributed by atoms with Crippen LogP contribution in [0.2, 0.25) is 0 Å². The van der Waals surface area contributed by atoms with Gasteiger partial charge in [-0.15, -0.1) is 11.6 Å². The zero-order valence-electron chi connectivity index (χ0n) is 17.9. The predicted molar refractivity (Wildman–Crippen MR) is 120 cm³/mol. The SMILES string of the molecule is CCc1c2c(nc3ccccc13)-c1cc3c(c(=O)n1C2OCCCl)COC(=O)[C@]3(O)CC. The van der Waals surface area contributed by atoms with Crippen molar-refractivity contribution in [2.45, 2.75) is 45.1 Å². The molecule has 0 fully saturated rings. The Balaban J connectivity index is 1.87. The van der Waals surface area contributed by atoms with E-state index in [1.807, 2.05) is 24.3 Å². The number of hydrogen-bond donors (Lipinski definition) is 1. The van der Waals surface area contributed by atoms with Gasteiger partial charge in [0.25, 0.3) is 5.56 Å². The first-order valence-corrected chi connectivity index (χ1v) is 11.3. The number of hydrogen-bond acceptors (Lipinski definition) is 6. The van der Waals surface area contributed by atoms with Crippen LogP contribution >= 0.6 is 11.6 Å². The molecule has 0 saturated carbocycles. The molecule has 8 heteroatoms. The lowest BCUT2D eigenvalue weighted by molar-refractivity contribution is -0.172. The molecule has 166 valence electrons. The van der Waals surface area contributed by atoms with Crippen molar-refractivity contribution in [2.24, 2.45) is 0 Å². The van der Waals surface area contributed by atoms with Crippen LogP contribution in [0.15, 0.2) is 35.1 Å². The van der Waals surface area contributed by atoms with Crippen LogP contribution in [0.25, 0.3) is 22.3 Å². The van der Waals surface area contributed by atoms with Crippen molar-refractivity contribution in [3.8, 4) is 11.4 Å². The van der Waals surface area contributed by atoms with Gasteiger partial charge in [-0.2, -0.15) is 0 Å². The number of esters is 1. The minimum absolute atomic E-state index is 0.0894. The standard InChI is InChI=1S/C24H23ClN2O5/c1-3-13-14-7-5-6-8-17(14)26-20-18-11-16-15(12-32-23(29)24(16,30)4-2)21(28)27(18)22(19(13)20)31-10-9-25/h5-8,11,22,30H,3-4,9-10,12H2,1-2H3/t22?,24-/m0/s1. The third-order valence-corrected chi connectivity index (χ3v) is 6.61. The van der Waals surface area contributed by atoms with Crippen molar-refractivity contribution in [3.05, 3.63) is 62.9 Å². The Labute approximate surface area is 189 Å². The molecule has 1 aromatic carbocycles. The number of cyclic esters (lactones) is 1. The van der Waals surface area contributed by atoms with Crippen molar-refractivity contribution >= 4 is 28.5 Å². The summed E-state index contributed by atoms with van der Waals surface area (Å²) in [7, 11) is 0. The van der Waals surface area contributed by atoms with Crippen LogP contribution in [-0.4, -0.2) is 33.1 Å². The molecule has 2 aliphatic rings. The number of alkyl halides is 1. The summed E-state index contributed by atoms with van der Waals surface area (Å²) in [5.41, 5.74) is 2.12. The van der Waals surface area contributed by atoms with Gasteiger partial charge in [-0.1, -0.05) is 32.0 Å². The lowest BCUT2D eigenvalue weighted by atomic mass is 9.86. The molecule has 1 N–H and O–H groups in total. The highest BCUT2D eigenvalue weighted by Gasteiger charge is 2.46. The third kappa shape index (κ3) is 2.78. The van der Waals surface area contributed by atoms with Gasteiger partial charge < -0.3 is 14.6 Å². The smallest absolute Gasteiger partial charge is 0.343 e. The van der Waals surface area contributed by atoms with E-state index in [0.717, 1.165) is 28.5 Å². The molecular formula is C24H23ClN2O5. The topological polar surface area (TPSA) is 90.7 Å². The molecule has 0 spiro atoms. The maximum atomic E-state index is 13.7. The maximum absolute atomic E-state index is 13.7. The van der Waals surface area contributed by atoms with Crippen LogP contribution in [0.1, 0.15) is 48.8 Å². The lowest BCUT2D eigenvalue weighted by Crippen LogP contribution is -2.44. The second-order valence-electron chi connectivity index (χ2n) is 8.02. The molecule has 0 amide bonds. The number of halogens is 1. The summed E-state index contributed by atoms with van der Waals surface area (Å²) in [6.07, 6.45) is 0.109. The number of benzene rings is 1. The average Bonchev–Trinajstić information content (AvgIpc) is 3.12. The van der Waals surface area contributed by atoms with E-state index in [4.69, 9.17) is 26.1 Å². The zero-order valence-corrected chi connectivity index (χ0v) is 18.6. The van der Waals surface area contributed by atoms with Crippen LogP contribution in [0.3, 0.4) is 0 Å². The van der Waals surface area contributed by atoms with Gasteiger partial charge in [0.05, 0.1) is 29.1 Å². The Hall–Kier alpha value is -2.74. The number of fused-ring (bicyclic) bond motifs is 5. The number of carbonyl (C=O) groups is 1. The van der Waals surface area contributed by atoms with Gasteiger partial charge in [0.2, 0.25) is 0 Å². The number of aryl methyl sites for hydroxylation is 1. The van der Waals surface area contributed by atoms with Crippen molar-refractivity contribution in [1.82, 2.24) is 9.55 Å². The molecule has 0 radical (unpaired) electrons. The molecule has 0 saturated heterocycles. The molecule has 3 aromatic rings. The van der Waals surface area contributed by atoms with E-state index in [1.165, 1.54) is 0 Å². The fourth-order valence-electron chi connectivity index (χ4n) is 4.87. The van der Waals surface area contributed by atoms with E-state index < -0.39 is 17.8 Å². The number of pyridine rings is 2. The number of aromatic nitrogens is 2. The summed E-state index contributed by atoms with van der Waals surface area (Å²) < 4.78 is 12.8. The minimum atomic E-state index is -1.87. The number of nitrogens with zero attached hydrogens (tertiary/aromatic N) is 2. The molecule has 0 bridgehead atoms. The number of carbonyl (C=O) groups excluding carboxylic acids is 1. The Morgan fingerprint density at radius 2 is 2.09 bits per heavy atom. The van der Waals surface area contributed by atoms with Gasteiger partial charge in [-0.3, -0.25) is 9.36 Å². The fourth-order valence-corrected chi connectivity index (χ4v) is 4.96. The van der Waals surface area contributed by atoms with Crippen molar-refractivity contribution in [2.75, 3.05) is 12.5 Å². The number of ether oxygens (including phenoxy) is 2. The summed E-state index contributed by atoms with van der Waals surface area (Å²) in [5.74, 6) is -0.470. The predicted octanol–water partition coefficient (Wildman–Crippen LogP) is 3.40. The molecule has 0 aliphatic carbocycles. The van der Waals surface area contributed by atoms with Crippen LogP contribution in [0, 0.1) is 0 Å². The highest BCUT2D eigenvalue weighted by atomic mass is 35.5. The van der Waals surface area contributed by atoms with E-state index in [2.05, 4.69) is 6.92 Å². The highest BCUT2D eigenvalue weighted by molar-refractivity contribution is 6.18. The number of para-hydroxylation sites is 1. The van der Waals surface area contributed by atoms with Crippen LogP contribution < -0.4 is 5.56 Å². The molecule has 2 aromatic heterocycles. The molecule has 7 nitrogen and oxygen atoms in total. The fraction of sp³-hybridized carbons (Fsp3) is 0.375. The third-order valence-electron chi connectivity index (χ3n) is 6.46. The summed E-state index contributed by atoms with van der Waals surface area (Å²) >= 11 is 5.91. The zero-order chi connectivity index (χ0) is 22.6. The molecular weight excluding hydrogens is 432 g/mol. The van der Waals surface area contributed by atoms with E-state index in [1.54, 1.807) is 17.6 Å². The van der Waals surface area contributed by atoms with Crippen molar-refractivity contribution in [1.29, 1.82) is 0 Å². The largest absolute Gasteiger partial charge is 0.458 e. The monoisotopic (exact) mass is 454 g/mol. The Kier molecular flexibility index (Phi) is 5.08. The molecule has 5 rings (SSSR count). The molecule has 2 atom stereocenters. The normalized spacial score (nSPS) is 21.2. The summed E-state index contributed by atoms with van der Waals surface area (Å²) in [6, 6.07) is 9.52. The van der Waals surface area contributed by atoms with Gasteiger partial charge in [0.15, 0.2) is 11.8 Å². The summed E-state index contributed by atoms with van der Waals surface area (Å²) in [6.45, 7) is 3.80. The average molecular weight is 455 g/mol. The minimum Gasteiger partial charge on any atom is -0.458 e. The first kappa shape index (κ1) is 21.1. The van der Waals surface area contributed by atoms with Crippen LogP contribution in [0.5, 0.6) is 0 Å².